The van der Waals surface area contributed by atoms with Crippen molar-refractivity contribution in [2.45, 2.75) is 18.9 Å². The van der Waals surface area contributed by atoms with Crippen LogP contribution in [-0.4, -0.2) is 34.6 Å². The first-order valence-electron chi connectivity index (χ1n) is 8.01. The lowest BCUT2D eigenvalue weighted by molar-refractivity contribution is -0.128. The number of hydrogen-bond donors (Lipinski definition) is 0. The van der Waals surface area contributed by atoms with E-state index in [0.717, 1.165) is 16.2 Å². The van der Waals surface area contributed by atoms with Crippen molar-refractivity contribution in [3.8, 4) is 16.5 Å². The number of likely N-dealkylation sites (tertiary alicyclic amines) is 1. The van der Waals surface area contributed by atoms with Gasteiger partial charge in [-0.05, 0) is 29.1 Å². The van der Waals surface area contributed by atoms with E-state index >= 15 is 0 Å². The van der Waals surface area contributed by atoms with Crippen LogP contribution in [-0.2, 0) is 11.3 Å². The Balaban J connectivity index is 1.47. The minimum Gasteiger partial charge on any atom is -0.497 e. The van der Waals surface area contributed by atoms with Crippen molar-refractivity contribution < 1.29 is 14.1 Å². The van der Waals surface area contributed by atoms with Gasteiger partial charge in [-0.15, -0.1) is 11.3 Å². The zero-order chi connectivity index (χ0) is 17.2. The maximum Gasteiger partial charge on any atom is 0.232 e. The Morgan fingerprint density at radius 3 is 3.08 bits per heavy atom. The van der Waals surface area contributed by atoms with Gasteiger partial charge >= 0.3 is 0 Å². The molecule has 128 valence electrons. The molecule has 2 aromatic heterocycles. The summed E-state index contributed by atoms with van der Waals surface area (Å²) in [5, 5.41) is 6.01. The Hall–Kier alpha value is -2.67. The molecule has 25 heavy (non-hydrogen) atoms. The smallest absolute Gasteiger partial charge is 0.232 e. The molecule has 1 fully saturated rings. The Morgan fingerprint density at radius 2 is 2.28 bits per heavy atom. The first kappa shape index (κ1) is 15.8. The number of rotatable bonds is 5. The molecule has 0 N–H and O–H groups in total. The van der Waals surface area contributed by atoms with Crippen molar-refractivity contribution in [2.75, 3.05) is 13.7 Å². The summed E-state index contributed by atoms with van der Waals surface area (Å²) in [4.78, 5) is 19.6. The van der Waals surface area contributed by atoms with E-state index in [2.05, 4.69) is 10.1 Å². The lowest BCUT2D eigenvalue weighted by Gasteiger charge is -2.16. The molecule has 1 atom stereocenters. The summed E-state index contributed by atoms with van der Waals surface area (Å²) in [6.45, 7) is 1.14. The quantitative estimate of drug-likeness (QED) is 0.702. The van der Waals surface area contributed by atoms with Crippen LogP contribution >= 0.6 is 11.3 Å². The SMILES string of the molecule is COc1cccc(CN2CC(c3nc(-c4cccs4)no3)CC2=O)c1. The standard InChI is InChI=1S/C18H17N3O3S/c1-23-14-5-2-4-12(8-14)10-21-11-13(9-16(21)22)18-19-17(20-24-18)15-6-3-7-25-15/h2-8,13H,9-11H2,1H3. The van der Waals surface area contributed by atoms with Gasteiger partial charge in [0.15, 0.2) is 0 Å². The molecule has 3 heterocycles. The van der Waals surface area contributed by atoms with E-state index in [-0.39, 0.29) is 11.8 Å². The van der Waals surface area contributed by atoms with Crippen molar-refractivity contribution in [1.29, 1.82) is 0 Å². The molecular formula is C18H17N3O3S. The molecule has 0 spiro atoms. The Morgan fingerprint density at radius 1 is 1.36 bits per heavy atom. The molecule has 4 rings (SSSR count). The molecular weight excluding hydrogens is 338 g/mol. The molecule has 0 aliphatic carbocycles. The van der Waals surface area contributed by atoms with Crippen molar-refractivity contribution in [3.05, 3.63) is 53.2 Å². The lowest BCUT2D eigenvalue weighted by Crippen LogP contribution is -2.24. The van der Waals surface area contributed by atoms with E-state index in [1.807, 2.05) is 46.7 Å². The fraction of sp³-hybridized carbons (Fsp3) is 0.278. The number of amides is 1. The maximum absolute atomic E-state index is 12.4. The molecule has 1 aliphatic heterocycles. The second kappa shape index (κ2) is 6.68. The molecule has 1 unspecified atom stereocenters. The van der Waals surface area contributed by atoms with Crippen LogP contribution in [0.3, 0.4) is 0 Å². The molecule has 1 saturated heterocycles. The minimum absolute atomic E-state index is 0.0562. The number of thiophene rings is 1. The van der Waals surface area contributed by atoms with E-state index in [1.165, 1.54) is 0 Å². The summed E-state index contributed by atoms with van der Waals surface area (Å²) >= 11 is 1.56. The highest BCUT2D eigenvalue weighted by molar-refractivity contribution is 7.13. The number of methoxy groups -OCH3 is 1. The van der Waals surface area contributed by atoms with Crippen LogP contribution in [0.2, 0.25) is 0 Å². The molecule has 0 saturated carbocycles. The summed E-state index contributed by atoms with van der Waals surface area (Å²) in [6, 6.07) is 11.7. The van der Waals surface area contributed by atoms with Crippen molar-refractivity contribution >= 4 is 17.2 Å². The normalized spacial score (nSPS) is 17.2. The van der Waals surface area contributed by atoms with Crippen molar-refractivity contribution in [3.63, 3.8) is 0 Å². The summed E-state index contributed by atoms with van der Waals surface area (Å²) in [6.07, 6.45) is 0.399. The zero-order valence-corrected chi connectivity index (χ0v) is 14.5. The topological polar surface area (TPSA) is 68.5 Å². The van der Waals surface area contributed by atoms with Crippen LogP contribution in [0.25, 0.3) is 10.7 Å². The van der Waals surface area contributed by atoms with Crippen LogP contribution < -0.4 is 4.74 Å². The average Bonchev–Trinajstić information content (AvgIpc) is 3.35. The lowest BCUT2D eigenvalue weighted by atomic mass is 10.1. The summed E-state index contributed by atoms with van der Waals surface area (Å²) in [5.41, 5.74) is 1.04. The molecule has 0 radical (unpaired) electrons. The Bertz CT molecular complexity index is 875. The monoisotopic (exact) mass is 355 g/mol. The highest BCUT2D eigenvalue weighted by atomic mass is 32.1. The van der Waals surface area contributed by atoms with Crippen molar-refractivity contribution in [2.24, 2.45) is 0 Å². The van der Waals surface area contributed by atoms with E-state index < -0.39 is 0 Å². The number of benzene rings is 1. The third-order valence-corrected chi connectivity index (χ3v) is 5.12. The number of carbonyl (C=O) groups excluding carboxylic acids is 1. The molecule has 1 amide bonds. The number of carbonyl (C=O) groups is 1. The van der Waals surface area contributed by atoms with Gasteiger partial charge in [0.25, 0.3) is 0 Å². The Labute approximate surface area is 149 Å². The van der Waals surface area contributed by atoms with E-state index in [1.54, 1.807) is 18.4 Å². The van der Waals surface area contributed by atoms with Crippen molar-refractivity contribution in [1.82, 2.24) is 15.0 Å². The molecule has 0 bridgehead atoms. The average molecular weight is 355 g/mol. The van der Waals surface area contributed by atoms with Crippen LogP contribution in [0.1, 0.15) is 23.8 Å². The molecule has 1 aliphatic rings. The van der Waals surface area contributed by atoms with E-state index in [0.29, 0.717) is 31.2 Å². The van der Waals surface area contributed by atoms with Crippen LogP contribution in [0.15, 0.2) is 46.3 Å². The first-order chi connectivity index (χ1) is 12.2. The number of hydrogen-bond acceptors (Lipinski definition) is 6. The first-order valence-corrected chi connectivity index (χ1v) is 8.89. The second-order valence-electron chi connectivity index (χ2n) is 5.96. The highest BCUT2D eigenvalue weighted by Gasteiger charge is 2.34. The highest BCUT2D eigenvalue weighted by Crippen LogP contribution is 2.30. The fourth-order valence-electron chi connectivity index (χ4n) is 2.99. The van der Waals surface area contributed by atoms with Gasteiger partial charge in [-0.3, -0.25) is 4.79 Å². The third kappa shape index (κ3) is 3.28. The van der Waals surface area contributed by atoms with Gasteiger partial charge in [0.1, 0.15) is 5.75 Å². The van der Waals surface area contributed by atoms with Crippen LogP contribution in [0.4, 0.5) is 0 Å². The van der Waals surface area contributed by atoms with Gasteiger partial charge in [0, 0.05) is 19.5 Å². The van der Waals surface area contributed by atoms with E-state index in [9.17, 15) is 4.79 Å². The summed E-state index contributed by atoms with van der Waals surface area (Å²) in [5.74, 6) is 1.95. The zero-order valence-electron chi connectivity index (χ0n) is 13.7. The maximum atomic E-state index is 12.4. The van der Waals surface area contributed by atoms with Gasteiger partial charge in [-0.25, -0.2) is 0 Å². The van der Waals surface area contributed by atoms with Gasteiger partial charge in [0.05, 0.1) is 17.9 Å². The second-order valence-corrected chi connectivity index (χ2v) is 6.91. The molecule has 7 heteroatoms. The summed E-state index contributed by atoms with van der Waals surface area (Å²) < 4.78 is 10.6. The molecule has 6 nitrogen and oxygen atoms in total. The number of nitrogens with zero attached hydrogens (tertiary/aromatic N) is 3. The fourth-order valence-corrected chi connectivity index (χ4v) is 3.64. The number of aromatic nitrogens is 2. The molecule has 1 aromatic carbocycles. The minimum atomic E-state index is -0.0562. The predicted molar refractivity (Wildman–Crippen MR) is 93.4 cm³/mol. The van der Waals surface area contributed by atoms with Gasteiger partial charge in [-0.1, -0.05) is 23.4 Å². The Kier molecular flexibility index (Phi) is 4.23. The number of ether oxygens (including phenoxy) is 1. The largest absolute Gasteiger partial charge is 0.497 e. The van der Waals surface area contributed by atoms with Crippen LogP contribution in [0, 0.1) is 0 Å². The summed E-state index contributed by atoms with van der Waals surface area (Å²) in [7, 11) is 1.64. The van der Waals surface area contributed by atoms with Gasteiger partial charge in [-0.2, -0.15) is 4.98 Å². The van der Waals surface area contributed by atoms with E-state index in [4.69, 9.17) is 9.26 Å². The molecule has 3 aromatic rings. The predicted octanol–water partition coefficient (Wildman–Crippen LogP) is 3.32. The van der Waals surface area contributed by atoms with Gasteiger partial charge < -0.3 is 14.2 Å². The van der Waals surface area contributed by atoms with Gasteiger partial charge in [0.2, 0.25) is 17.6 Å². The third-order valence-electron chi connectivity index (χ3n) is 4.25. The van der Waals surface area contributed by atoms with Crippen LogP contribution in [0.5, 0.6) is 5.75 Å².